The zero-order valence-corrected chi connectivity index (χ0v) is 13.8. The SMILES string of the molecule is O=[N+]([O-])c1ccccc1CN1CCn2cccc2[C@@H]1c1ccccc1. The number of nitro benzene ring substituents is 1. The van der Waals surface area contributed by atoms with E-state index in [2.05, 4.69) is 39.9 Å². The topological polar surface area (TPSA) is 51.3 Å². The van der Waals surface area contributed by atoms with Crippen molar-refractivity contribution in [3.05, 3.63) is 99.9 Å². The number of hydrogen-bond acceptors (Lipinski definition) is 3. The number of aromatic nitrogens is 1. The standard InChI is InChI=1S/C20H19N3O2/c24-23(25)18-10-5-4-9-17(18)15-22-14-13-21-12-6-11-19(21)20(22)16-7-2-1-3-8-16/h1-12,20H,13-15H2/t20-/m0/s1. The van der Waals surface area contributed by atoms with Crippen LogP contribution in [0.3, 0.4) is 0 Å². The Kier molecular flexibility index (Phi) is 4.07. The summed E-state index contributed by atoms with van der Waals surface area (Å²) >= 11 is 0. The molecule has 0 unspecified atom stereocenters. The van der Waals surface area contributed by atoms with Gasteiger partial charge < -0.3 is 4.57 Å². The number of benzene rings is 2. The summed E-state index contributed by atoms with van der Waals surface area (Å²) in [4.78, 5) is 13.4. The lowest BCUT2D eigenvalue weighted by Crippen LogP contribution is -2.38. The molecule has 3 aromatic rings. The van der Waals surface area contributed by atoms with E-state index in [1.165, 1.54) is 11.3 Å². The van der Waals surface area contributed by atoms with Crippen LogP contribution in [0.4, 0.5) is 5.69 Å². The Morgan fingerprint density at radius 2 is 1.72 bits per heavy atom. The molecule has 0 saturated carbocycles. The predicted octanol–water partition coefficient (Wildman–Crippen LogP) is 4.00. The minimum atomic E-state index is -0.292. The molecule has 0 bridgehead atoms. The minimum absolute atomic E-state index is 0.102. The summed E-state index contributed by atoms with van der Waals surface area (Å²) in [6.07, 6.45) is 2.10. The average Bonchev–Trinajstić information content (AvgIpc) is 3.11. The van der Waals surface area contributed by atoms with E-state index in [-0.39, 0.29) is 16.7 Å². The number of nitrogens with zero attached hydrogens (tertiary/aromatic N) is 3. The molecule has 1 aliphatic heterocycles. The van der Waals surface area contributed by atoms with Gasteiger partial charge in [0.1, 0.15) is 0 Å². The van der Waals surface area contributed by atoms with Crippen LogP contribution in [0.25, 0.3) is 0 Å². The molecule has 0 spiro atoms. The Hall–Kier alpha value is -2.92. The molecule has 1 aromatic heterocycles. The maximum atomic E-state index is 11.4. The second-order valence-corrected chi connectivity index (χ2v) is 6.30. The first kappa shape index (κ1) is 15.6. The van der Waals surface area contributed by atoms with Crippen molar-refractivity contribution in [1.82, 2.24) is 9.47 Å². The third-order valence-electron chi connectivity index (χ3n) is 4.82. The van der Waals surface area contributed by atoms with Gasteiger partial charge in [-0.05, 0) is 17.7 Å². The van der Waals surface area contributed by atoms with Crippen LogP contribution in [0.2, 0.25) is 0 Å². The number of para-hydroxylation sites is 1. The third kappa shape index (κ3) is 2.94. The summed E-state index contributed by atoms with van der Waals surface area (Å²) < 4.78 is 2.27. The van der Waals surface area contributed by atoms with Crippen molar-refractivity contribution in [3.63, 3.8) is 0 Å². The van der Waals surface area contributed by atoms with Crippen LogP contribution in [0.5, 0.6) is 0 Å². The Morgan fingerprint density at radius 1 is 0.960 bits per heavy atom. The normalized spacial score (nSPS) is 17.2. The van der Waals surface area contributed by atoms with Crippen molar-refractivity contribution < 1.29 is 4.92 Å². The number of hydrogen-bond donors (Lipinski definition) is 0. The molecule has 0 amide bonds. The molecular formula is C20H19N3O2. The quantitative estimate of drug-likeness (QED) is 0.535. The molecule has 0 radical (unpaired) electrons. The molecule has 1 atom stereocenters. The predicted molar refractivity (Wildman–Crippen MR) is 96.2 cm³/mol. The summed E-state index contributed by atoms with van der Waals surface area (Å²) in [6.45, 7) is 2.31. The van der Waals surface area contributed by atoms with Crippen molar-refractivity contribution in [2.24, 2.45) is 0 Å². The first-order chi connectivity index (χ1) is 12.2. The van der Waals surface area contributed by atoms with Gasteiger partial charge in [0.25, 0.3) is 5.69 Å². The van der Waals surface area contributed by atoms with Crippen molar-refractivity contribution in [3.8, 4) is 0 Å². The van der Waals surface area contributed by atoms with Gasteiger partial charge in [0.15, 0.2) is 0 Å². The van der Waals surface area contributed by atoms with Crippen LogP contribution in [-0.2, 0) is 13.1 Å². The Balaban J connectivity index is 1.73. The first-order valence-electron chi connectivity index (χ1n) is 8.40. The lowest BCUT2D eigenvalue weighted by atomic mass is 9.99. The Morgan fingerprint density at radius 3 is 2.52 bits per heavy atom. The van der Waals surface area contributed by atoms with Crippen molar-refractivity contribution in [2.75, 3.05) is 6.54 Å². The highest BCUT2D eigenvalue weighted by atomic mass is 16.6. The molecule has 25 heavy (non-hydrogen) atoms. The van der Waals surface area contributed by atoms with E-state index >= 15 is 0 Å². The van der Waals surface area contributed by atoms with Gasteiger partial charge in [-0.2, -0.15) is 0 Å². The van der Waals surface area contributed by atoms with Gasteiger partial charge in [-0.25, -0.2) is 0 Å². The minimum Gasteiger partial charge on any atom is -0.348 e. The number of nitro groups is 1. The van der Waals surface area contributed by atoms with Crippen LogP contribution >= 0.6 is 0 Å². The molecule has 0 aliphatic carbocycles. The highest BCUT2D eigenvalue weighted by Gasteiger charge is 2.30. The molecule has 126 valence electrons. The highest BCUT2D eigenvalue weighted by Crippen LogP contribution is 2.34. The Labute approximate surface area is 146 Å². The maximum absolute atomic E-state index is 11.4. The maximum Gasteiger partial charge on any atom is 0.273 e. The summed E-state index contributed by atoms with van der Waals surface area (Å²) in [5, 5.41) is 11.4. The molecule has 0 fully saturated rings. The number of fused-ring (bicyclic) bond motifs is 1. The second kappa shape index (κ2) is 6.53. The molecule has 1 aliphatic rings. The molecular weight excluding hydrogens is 314 g/mol. The van der Waals surface area contributed by atoms with Crippen LogP contribution in [0.15, 0.2) is 72.9 Å². The van der Waals surface area contributed by atoms with Crippen LogP contribution in [0.1, 0.15) is 22.9 Å². The van der Waals surface area contributed by atoms with Gasteiger partial charge >= 0.3 is 0 Å². The summed E-state index contributed by atoms with van der Waals surface area (Å²) in [5.74, 6) is 0. The fraction of sp³-hybridized carbons (Fsp3) is 0.200. The summed E-state index contributed by atoms with van der Waals surface area (Å²) in [7, 11) is 0. The van der Waals surface area contributed by atoms with E-state index in [0.29, 0.717) is 6.54 Å². The van der Waals surface area contributed by atoms with Gasteiger partial charge in [0, 0.05) is 43.2 Å². The smallest absolute Gasteiger partial charge is 0.273 e. The van der Waals surface area contributed by atoms with Crippen molar-refractivity contribution >= 4 is 5.69 Å². The molecule has 0 saturated heterocycles. The second-order valence-electron chi connectivity index (χ2n) is 6.30. The molecule has 0 N–H and O–H groups in total. The third-order valence-corrected chi connectivity index (χ3v) is 4.82. The van der Waals surface area contributed by atoms with Crippen LogP contribution < -0.4 is 0 Å². The van der Waals surface area contributed by atoms with Crippen molar-refractivity contribution in [1.29, 1.82) is 0 Å². The van der Waals surface area contributed by atoms with E-state index in [0.717, 1.165) is 18.7 Å². The monoisotopic (exact) mass is 333 g/mol. The number of rotatable bonds is 4. The summed E-state index contributed by atoms with van der Waals surface area (Å²) in [6, 6.07) is 21.7. The van der Waals surface area contributed by atoms with Gasteiger partial charge in [-0.3, -0.25) is 15.0 Å². The van der Waals surface area contributed by atoms with Crippen molar-refractivity contribution in [2.45, 2.75) is 19.1 Å². The van der Waals surface area contributed by atoms with E-state index in [9.17, 15) is 10.1 Å². The molecule has 2 heterocycles. The fourth-order valence-electron chi connectivity index (χ4n) is 3.66. The Bertz CT molecular complexity index is 889. The molecule has 5 nitrogen and oxygen atoms in total. The largest absolute Gasteiger partial charge is 0.348 e. The first-order valence-corrected chi connectivity index (χ1v) is 8.40. The van der Waals surface area contributed by atoms with E-state index in [1.54, 1.807) is 12.1 Å². The lowest BCUT2D eigenvalue weighted by molar-refractivity contribution is -0.385. The van der Waals surface area contributed by atoms with Crippen LogP contribution in [0, 0.1) is 10.1 Å². The van der Waals surface area contributed by atoms with Gasteiger partial charge in [-0.15, -0.1) is 0 Å². The zero-order chi connectivity index (χ0) is 17.2. The van der Waals surface area contributed by atoms with Gasteiger partial charge in [-0.1, -0.05) is 48.5 Å². The molecule has 5 heteroatoms. The lowest BCUT2D eigenvalue weighted by Gasteiger charge is -2.37. The zero-order valence-electron chi connectivity index (χ0n) is 13.8. The van der Waals surface area contributed by atoms with E-state index in [4.69, 9.17) is 0 Å². The fourth-order valence-corrected chi connectivity index (χ4v) is 3.66. The van der Waals surface area contributed by atoms with E-state index < -0.39 is 0 Å². The van der Waals surface area contributed by atoms with Crippen LogP contribution in [-0.4, -0.2) is 20.9 Å². The van der Waals surface area contributed by atoms with Gasteiger partial charge in [0.05, 0.1) is 11.0 Å². The molecule has 4 rings (SSSR count). The summed E-state index contributed by atoms with van der Waals surface area (Å²) in [5.41, 5.74) is 3.39. The van der Waals surface area contributed by atoms with Gasteiger partial charge in [0.2, 0.25) is 0 Å². The average molecular weight is 333 g/mol. The highest BCUT2D eigenvalue weighted by molar-refractivity contribution is 5.40. The molecule has 2 aromatic carbocycles. The van der Waals surface area contributed by atoms with E-state index in [1.807, 2.05) is 30.3 Å².